The molecule has 0 fully saturated rings. The highest BCUT2D eigenvalue weighted by Crippen LogP contribution is 2.09. The van der Waals surface area contributed by atoms with Gasteiger partial charge in [-0.15, -0.1) is 11.8 Å². The second-order valence-electron chi connectivity index (χ2n) is 2.50. The largest absolute Gasteiger partial charge is 0.469 e. The van der Waals surface area contributed by atoms with Gasteiger partial charge in [0.1, 0.15) is 0 Å². The Morgan fingerprint density at radius 1 is 1.67 bits per heavy atom. The van der Waals surface area contributed by atoms with Crippen LogP contribution in [0, 0.1) is 17.8 Å². The van der Waals surface area contributed by atoms with Gasteiger partial charge in [-0.25, -0.2) is 0 Å². The number of ether oxygens (including phenoxy) is 1. The first-order chi connectivity index (χ1) is 5.63. The quantitative estimate of drug-likeness (QED) is 0.497. The average molecular weight is 170 g/mol. The molecule has 0 bridgehead atoms. The minimum absolute atomic E-state index is 0.348. The summed E-state index contributed by atoms with van der Waals surface area (Å²) in [6.07, 6.45) is -0.362. The second-order valence-corrected chi connectivity index (χ2v) is 2.50. The van der Waals surface area contributed by atoms with Gasteiger partial charge in [-0.05, 0) is 13.8 Å². The van der Waals surface area contributed by atoms with Crippen LogP contribution in [0.2, 0.25) is 0 Å². The molecule has 0 amide bonds. The van der Waals surface area contributed by atoms with E-state index < -0.39 is 18.0 Å². The molecule has 0 spiro atoms. The van der Waals surface area contributed by atoms with Crippen molar-refractivity contribution in [3.8, 4) is 11.8 Å². The summed E-state index contributed by atoms with van der Waals surface area (Å²) in [6.45, 7) is 3.25. The number of hydrogen-bond donors (Lipinski definition) is 1. The standard InChI is InChI=1S/C9H14O3/c1-4-5-6-8(7(2)10)9(11)12-3/h7-8,10H,6H2,1-3H3. The van der Waals surface area contributed by atoms with Crippen molar-refractivity contribution in [2.45, 2.75) is 26.4 Å². The molecule has 0 heterocycles. The van der Waals surface area contributed by atoms with Gasteiger partial charge < -0.3 is 9.84 Å². The zero-order valence-electron chi connectivity index (χ0n) is 7.63. The van der Waals surface area contributed by atoms with E-state index in [9.17, 15) is 9.90 Å². The molecule has 0 aromatic carbocycles. The monoisotopic (exact) mass is 170 g/mol. The summed E-state index contributed by atoms with van der Waals surface area (Å²) in [6, 6.07) is 0. The molecule has 0 rings (SSSR count). The summed E-state index contributed by atoms with van der Waals surface area (Å²) in [5.41, 5.74) is 0. The summed E-state index contributed by atoms with van der Waals surface area (Å²) >= 11 is 0. The molecule has 68 valence electrons. The lowest BCUT2D eigenvalue weighted by molar-refractivity contribution is -0.148. The van der Waals surface area contributed by atoms with Crippen molar-refractivity contribution in [3.63, 3.8) is 0 Å². The Morgan fingerprint density at radius 3 is 2.58 bits per heavy atom. The molecule has 0 aliphatic carbocycles. The van der Waals surface area contributed by atoms with Gasteiger partial charge in [0.25, 0.3) is 0 Å². The van der Waals surface area contributed by atoms with Crippen molar-refractivity contribution in [1.82, 2.24) is 0 Å². The molecule has 0 aliphatic heterocycles. The van der Waals surface area contributed by atoms with Gasteiger partial charge >= 0.3 is 5.97 Å². The Bertz CT molecular complexity index is 198. The summed E-state index contributed by atoms with van der Waals surface area (Å²) in [5, 5.41) is 9.17. The minimum atomic E-state index is -0.710. The Labute approximate surface area is 72.7 Å². The SMILES string of the molecule is CC#CCC(C(=O)OC)C(C)O. The van der Waals surface area contributed by atoms with Crippen molar-refractivity contribution >= 4 is 5.97 Å². The van der Waals surface area contributed by atoms with Crippen molar-refractivity contribution in [3.05, 3.63) is 0 Å². The van der Waals surface area contributed by atoms with Gasteiger partial charge in [0.15, 0.2) is 0 Å². The average Bonchev–Trinajstić information content (AvgIpc) is 2.04. The van der Waals surface area contributed by atoms with Gasteiger partial charge in [-0.2, -0.15) is 0 Å². The normalized spacial score (nSPS) is 14.0. The molecule has 2 atom stereocenters. The first-order valence-electron chi connectivity index (χ1n) is 3.79. The van der Waals surface area contributed by atoms with Gasteiger partial charge in [0.05, 0.1) is 19.1 Å². The number of carbonyl (C=O) groups excluding carboxylic acids is 1. The van der Waals surface area contributed by atoms with E-state index >= 15 is 0 Å². The lowest BCUT2D eigenvalue weighted by atomic mass is 10.0. The van der Waals surface area contributed by atoms with Crippen molar-refractivity contribution in [2.75, 3.05) is 7.11 Å². The van der Waals surface area contributed by atoms with Crippen LogP contribution in [0.3, 0.4) is 0 Å². The van der Waals surface area contributed by atoms with Crippen LogP contribution in [0.1, 0.15) is 20.3 Å². The third-order valence-corrected chi connectivity index (χ3v) is 1.58. The van der Waals surface area contributed by atoms with Crippen LogP contribution in [0.5, 0.6) is 0 Å². The third kappa shape index (κ3) is 3.40. The summed E-state index contributed by atoms with van der Waals surface area (Å²) in [7, 11) is 1.30. The van der Waals surface area contributed by atoms with Crippen molar-refractivity contribution < 1.29 is 14.6 Å². The Kier molecular flexibility index (Phi) is 5.14. The summed E-state index contributed by atoms with van der Waals surface area (Å²) < 4.78 is 4.50. The van der Waals surface area contributed by atoms with E-state index in [0.29, 0.717) is 6.42 Å². The number of hydrogen-bond acceptors (Lipinski definition) is 3. The molecule has 0 aromatic rings. The zero-order valence-corrected chi connectivity index (χ0v) is 7.63. The van der Waals surface area contributed by atoms with Gasteiger partial charge in [-0.3, -0.25) is 4.79 Å². The van der Waals surface area contributed by atoms with Crippen LogP contribution in [-0.4, -0.2) is 24.3 Å². The van der Waals surface area contributed by atoms with Gasteiger partial charge in [-0.1, -0.05) is 0 Å². The molecule has 0 aromatic heterocycles. The Morgan fingerprint density at radius 2 is 2.25 bits per heavy atom. The topological polar surface area (TPSA) is 46.5 Å². The highest BCUT2D eigenvalue weighted by molar-refractivity contribution is 5.73. The van der Waals surface area contributed by atoms with Crippen LogP contribution >= 0.6 is 0 Å². The molecule has 3 nitrogen and oxygen atoms in total. The molecule has 3 heteroatoms. The molecule has 0 radical (unpaired) electrons. The van der Waals surface area contributed by atoms with E-state index in [1.807, 2.05) is 0 Å². The predicted molar refractivity (Wildman–Crippen MR) is 45.3 cm³/mol. The predicted octanol–water partition coefficient (Wildman–Crippen LogP) is 0.570. The fraction of sp³-hybridized carbons (Fsp3) is 0.667. The lowest BCUT2D eigenvalue weighted by Gasteiger charge is -2.13. The maximum absolute atomic E-state index is 11.0. The summed E-state index contributed by atoms with van der Waals surface area (Å²) in [4.78, 5) is 11.0. The maximum atomic E-state index is 11.0. The molecule has 0 saturated carbocycles. The number of methoxy groups -OCH3 is 1. The number of aliphatic hydroxyl groups is 1. The number of esters is 1. The van der Waals surface area contributed by atoms with Crippen LogP contribution in [-0.2, 0) is 9.53 Å². The third-order valence-electron chi connectivity index (χ3n) is 1.58. The van der Waals surface area contributed by atoms with Crippen molar-refractivity contribution in [2.24, 2.45) is 5.92 Å². The molecule has 12 heavy (non-hydrogen) atoms. The summed E-state index contributed by atoms with van der Waals surface area (Å²) in [5.74, 6) is 4.46. The van der Waals surface area contributed by atoms with Crippen LogP contribution in [0.4, 0.5) is 0 Å². The minimum Gasteiger partial charge on any atom is -0.469 e. The van der Waals surface area contributed by atoms with E-state index in [1.165, 1.54) is 7.11 Å². The fourth-order valence-electron chi connectivity index (χ4n) is 0.814. The highest BCUT2D eigenvalue weighted by atomic mass is 16.5. The maximum Gasteiger partial charge on any atom is 0.312 e. The zero-order chi connectivity index (χ0) is 9.56. The smallest absolute Gasteiger partial charge is 0.312 e. The van der Waals surface area contributed by atoms with E-state index in [4.69, 9.17) is 0 Å². The van der Waals surface area contributed by atoms with Crippen molar-refractivity contribution in [1.29, 1.82) is 0 Å². The molecular formula is C9H14O3. The van der Waals surface area contributed by atoms with Gasteiger partial charge in [0, 0.05) is 6.42 Å². The Hall–Kier alpha value is -1.01. The van der Waals surface area contributed by atoms with Crippen LogP contribution < -0.4 is 0 Å². The van der Waals surface area contributed by atoms with E-state index in [-0.39, 0.29) is 0 Å². The number of carbonyl (C=O) groups is 1. The highest BCUT2D eigenvalue weighted by Gasteiger charge is 2.22. The van der Waals surface area contributed by atoms with E-state index in [1.54, 1.807) is 13.8 Å². The molecular weight excluding hydrogens is 156 g/mol. The molecule has 0 saturated heterocycles. The van der Waals surface area contributed by atoms with Gasteiger partial charge in [0.2, 0.25) is 0 Å². The van der Waals surface area contributed by atoms with E-state index in [2.05, 4.69) is 16.6 Å². The Balaban J connectivity index is 4.19. The number of aliphatic hydroxyl groups excluding tert-OH is 1. The lowest BCUT2D eigenvalue weighted by Crippen LogP contribution is -2.26. The first-order valence-corrected chi connectivity index (χ1v) is 3.79. The molecule has 0 aliphatic rings. The fourth-order valence-corrected chi connectivity index (χ4v) is 0.814. The van der Waals surface area contributed by atoms with E-state index in [0.717, 1.165) is 0 Å². The molecule has 2 unspecified atom stereocenters. The first kappa shape index (κ1) is 11.0. The molecule has 1 N–H and O–H groups in total. The second kappa shape index (κ2) is 5.62. The van der Waals surface area contributed by atoms with Crippen LogP contribution in [0.25, 0.3) is 0 Å². The number of rotatable bonds is 3. The van der Waals surface area contributed by atoms with Crippen LogP contribution in [0.15, 0.2) is 0 Å².